The van der Waals surface area contributed by atoms with Crippen molar-refractivity contribution in [2.75, 3.05) is 61.8 Å². The van der Waals surface area contributed by atoms with Crippen LogP contribution in [0.15, 0.2) is 41.0 Å². The Balaban J connectivity index is 1.09. The molecule has 200 valence electrons. The van der Waals surface area contributed by atoms with Crippen molar-refractivity contribution in [1.29, 1.82) is 0 Å². The zero-order valence-electron chi connectivity index (χ0n) is 20.6. The summed E-state index contributed by atoms with van der Waals surface area (Å²) < 4.78 is 26.9. The van der Waals surface area contributed by atoms with Crippen LogP contribution < -0.4 is 20.7 Å². The molecule has 5 rings (SSSR count). The number of anilines is 3. The number of benzene rings is 1. The number of carboxylic acids is 1. The number of nitrogen functional groups attached to an aromatic ring is 1. The molecular weight excluding hydrogens is 497 g/mol. The molecule has 4 aromatic rings. The molecule has 0 saturated carbocycles. The Morgan fingerprint density at radius 1 is 1.18 bits per heavy atom. The molecule has 38 heavy (non-hydrogen) atoms. The monoisotopic (exact) mass is 525 g/mol. The third-order valence-corrected chi connectivity index (χ3v) is 6.12. The van der Waals surface area contributed by atoms with Gasteiger partial charge in [0.1, 0.15) is 11.6 Å². The number of carbonyl (C=O) groups is 1. The predicted octanol–water partition coefficient (Wildman–Crippen LogP) is 1.98. The van der Waals surface area contributed by atoms with Gasteiger partial charge in [-0.05, 0) is 30.7 Å². The summed E-state index contributed by atoms with van der Waals surface area (Å²) in [4.78, 5) is 27.9. The molecule has 0 spiro atoms. The average Bonchev–Trinajstić information content (AvgIpc) is 3.58. The molecule has 4 heterocycles. The van der Waals surface area contributed by atoms with Crippen LogP contribution >= 0.6 is 0 Å². The minimum Gasteiger partial charge on any atom is -0.493 e. The Morgan fingerprint density at radius 3 is 2.76 bits per heavy atom. The molecule has 0 atom stereocenters. The fraction of sp³-hybridized carbons (Fsp3) is 0.375. The number of carboxylic acid groups (broad SMARTS) is 1. The lowest BCUT2D eigenvalue weighted by Crippen LogP contribution is -2.48. The van der Waals surface area contributed by atoms with E-state index in [1.807, 2.05) is 4.90 Å². The number of piperazine rings is 1. The lowest BCUT2D eigenvalue weighted by atomic mass is 10.2. The largest absolute Gasteiger partial charge is 0.493 e. The Labute approximate surface area is 217 Å². The Hall–Kier alpha value is -4.46. The summed E-state index contributed by atoms with van der Waals surface area (Å²) in [5.74, 6) is 0.890. The van der Waals surface area contributed by atoms with E-state index in [1.165, 1.54) is 10.6 Å². The SMILES string of the molecule is Nc1nc(NCCN2CCN(c3ccc(OCCCC(=O)O)cc3F)CC2)nc2nc(-c3ccco3)nn12. The molecule has 3 aromatic heterocycles. The third kappa shape index (κ3) is 5.91. The molecule has 0 radical (unpaired) electrons. The third-order valence-electron chi connectivity index (χ3n) is 6.12. The van der Waals surface area contributed by atoms with Gasteiger partial charge in [0.15, 0.2) is 5.76 Å². The average molecular weight is 526 g/mol. The maximum absolute atomic E-state index is 14.7. The number of fused-ring (bicyclic) bond motifs is 1. The first kappa shape index (κ1) is 25.2. The van der Waals surface area contributed by atoms with Gasteiger partial charge in [-0.2, -0.15) is 19.5 Å². The quantitative estimate of drug-likeness (QED) is 0.245. The number of hydrogen-bond acceptors (Lipinski definition) is 11. The van der Waals surface area contributed by atoms with Gasteiger partial charge in [0.05, 0.1) is 18.6 Å². The van der Waals surface area contributed by atoms with Crippen LogP contribution in [0.25, 0.3) is 17.4 Å². The van der Waals surface area contributed by atoms with E-state index in [9.17, 15) is 9.18 Å². The fourth-order valence-corrected chi connectivity index (χ4v) is 4.18. The van der Waals surface area contributed by atoms with Crippen LogP contribution in [-0.4, -0.2) is 86.4 Å². The van der Waals surface area contributed by atoms with E-state index in [-0.39, 0.29) is 24.8 Å². The zero-order valence-corrected chi connectivity index (χ0v) is 20.6. The Kier molecular flexibility index (Phi) is 7.49. The van der Waals surface area contributed by atoms with Crippen molar-refractivity contribution in [3.8, 4) is 17.3 Å². The summed E-state index contributed by atoms with van der Waals surface area (Å²) in [5.41, 5.74) is 6.56. The van der Waals surface area contributed by atoms with E-state index >= 15 is 0 Å². The number of nitrogens with two attached hydrogens (primary N) is 1. The molecule has 1 aliphatic rings. The van der Waals surface area contributed by atoms with Crippen LogP contribution in [0.3, 0.4) is 0 Å². The molecule has 0 aliphatic carbocycles. The van der Waals surface area contributed by atoms with Crippen molar-refractivity contribution in [2.24, 2.45) is 0 Å². The first-order chi connectivity index (χ1) is 18.5. The molecule has 1 fully saturated rings. The van der Waals surface area contributed by atoms with E-state index in [1.54, 1.807) is 30.5 Å². The first-order valence-corrected chi connectivity index (χ1v) is 12.3. The van der Waals surface area contributed by atoms with Gasteiger partial charge in [0.25, 0.3) is 5.78 Å². The number of hydrogen-bond donors (Lipinski definition) is 3. The molecule has 1 saturated heterocycles. The lowest BCUT2D eigenvalue weighted by Gasteiger charge is -2.36. The molecule has 1 aliphatic heterocycles. The number of halogens is 1. The molecule has 1 aromatic carbocycles. The summed E-state index contributed by atoms with van der Waals surface area (Å²) in [5, 5.41) is 16.1. The minimum absolute atomic E-state index is 0.0198. The van der Waals surface area contributed by atoms with Gasteiger partial charge in [-0.1, -0.05) is 0 Å². The van der Waals surface area contributed by atoms with Gasteiger partial charge in [-0.25, -0.2) is 4.39 Å². The second-order valence-electron chi connectivity index (χ2n) is 8.74. The summed E-state index contributed by atoms with van der Waals surface area (Å²) in [6.07, 6.45) is 1.93. The Bertz CT molecular complexity index is 1390. The highest BCUT2D eigenvalue weighted by molar-refractivity contribution is 5.66. The molecule has 0 unspecified atom stereocenters. The topological polar surface area (TPSA) is 160 Å². The summed E-state index contributed by atoms with van der Waals surface area (Å²) in [7, 11) is 0. The maximum atomic E-state index is 14.7. The number of nitrogens with one attached hydrogen (secondary N) is 1. The number of aromatic nitrogens is 5. The van der Waals surface area contributed by atoms with Crippen LogP contribution in [0.4, 0.5) is 22.0 Å². The molecular formula is C24H28FN9O4. The summed E-state index contributed by atoms with van der Waals surface area (Å²) in [6.45, 7) is 4.48. The molecule has 4 N–H and O–H groups in total. The number of furan rings is 1. The van der Waals surface area contributed by atoms with Crippen molar-refractivity contribution in [1.82, 2.24) is 29.5 Å². The number of ether oxygens (including phenoxy) is 1. The standard InChI is InChI=1S/C24H28FN9O4/c25-17-15-16(37-13-2-4-20(35)36)5-6-18(17)33-11-9-32(10-12-33)8-7-27-23-29-22(26)34-24(30-23)28-21(31-34)19-3-1-14-38-19/h1,3,5-6,14-15H,2,4,7-13H2,(H,35,36)(H3,26,27,28,29,30,31). The van der Waals surface area contributed by atoms with Crippen molar-refractivity contribution in [3.63, 3.8) is 0 Å². The highest BCUT2D eigenvalue weighted by Gasteiger charge is 2.20. The van der Waals surface area contributed by atoms with E-state index in [2.05, 4.69) is 30.3 Å². The molecule has 0 bridgehead atoms. The highest BCUT2D eigenvalue weighted by Crippen LogP contribution is 2.25. The second-order valence-corrected chi connectivity index (χ2v) is 8.74. The second kappa shape index (κ2) is 11.3. The molecule has 13 nitrogen and oxygen atoms in total. The number of rotatable bonds is 11. The van der Waals surface area contributed by atoms with E-state index < -0.39 is 5.97 Å². The van der Waals surface area contributed by atoms with Crippen molar-refractivity contribution in [2.45, 2.75) is 12.8 Å². The molecule has 14 heteroatoms. The van der Waals surface area contributed by atoms with Gasteiger partial charge < -0.3 is 30.2 Å². The lowest BCUT2D eigenvalue weighted by molar-refractivity contribution is -0.137. The van der Waals surface area contributed by atoms with Crippen molar-refractivity contribution < 1.29 is 23.4 Å². The van der Waals surface area contributed by atoms with E-state index in [4.69, 9.17) is 20.0 Å². The van der Waals surface area contributed by atoms with Crippen molar-refractivity contribution >= 4 is 29.3 Å². The maximum Gasteiger partial charge on any atom is 0.303 e. The van der Waals surface area contributed by atoms with Crippen LogP contribution in [-0.2, 0) is 4.79 Å². The van der Waals surface area contributed by atoms with Crippen LogP contribution in [0, 0.1) is 5.82 Å². The predicted molar refractivity (Wildman–Crippen MR) is 137 cm³/mol. The van der Waals surface area contributed by atoms with Crippen molar-refractivity contribution in [3.05, 3.63) is 42.4 Å². The fourth-order valence-electron chi connectivity index (χ4n) is 4.18. The number of aliphatic carboxylic acids is 1. The first-order valence-electron chi connectivity index (χ1n) is 12.3. The highest BCUT2D eigenvalue weighted by atomic mass is 19.1. The molecule has 0 amide bonds. The summed E-state index contributed by atoms with van der Waals surface area (Å²) >= 11 is 0. The van der Waals surface area contributed by atoms with Gasteiger partial charge in [-0.15, -0.1) is 5.10 Å². The summed E-state index contributed by atoms with van der Waals surface area (Å²) in [6, 6.07) is 8.27. The van der Waals surface area contributed by atoms with E-state index in [0.29, 0.717) is 60.8 Å². The smallest absolute Gasteiger partial charge is 0.303 e. The van der Waals surface area contributed by atoms with Gasteiger partial charge >= 0.3 is 5.97 Å². The van der Waals surface area contributed by atoms with Crippen LogP contribution in [0.1, 0.15) is 12.8 Å². The van der Waals surface area contributed by atoms with Crippen LogP contribution in [0.5, 0.6) is 5.75 Å². The number of nitrogens with zero attached hydrogens (tertiary/aromatic N) is 7. The zero-order chi connectivity index (χ0) is 26.5. The van der Waals surface area contributed by atoms with Gasteiger partial charge in [0.2, 0.25) is 17.7 Å². The minimum atomic E-state index is -0.878. The van der Waals surface area contributed by atoms with E-state index in [0.717, 1.165) is 19.6 Å². The van der Waals surface area contributed by atoms with Gasteiger partial charge in [0, 0.05) is 51.8 Å². The van der Waals surface area contributed by atoms with Gasteiger partial charge in [-0.3, -0.25) is 9.69 Å². The normalized spacial score (nSPS) is 14.2. The Morgan fingerprint density at radius 2 is 2.03 bits per heavy atom. The van der Waals surface area contributed by atoms with Crippen LogP contribution in [0.2, 0.25) is 0 Å².